The lowest BCUT2D eigenvalue weighted by Crippen LogP contribution is -2.36. The molecule has 0 saturated heterocycles. The van der Waals surface area contributed by atoms with E-state index in [2.05, 4.69) is 50.1 Å². The van der Waals surface area contributed by atoms with Gasteiger partial charge in [0, 0.05) is 31.6 Å². The lowest BCUT2D eigenvalue weighted by molar-refractivity contribution is 0.0206. The number of rotatable bonds is 9. The zero-order valence-corrected chi connectivity index (χ0v) is 12.7. The van der Waals surface area contributed by atoms with Crippen molar-refractivity contribution in [1.82, 2.24) is 10.3 Å². The molecule has 1 unspecified atom stereocenters. The largest absolute Gasteiger partial charge is 0.377 e. The summed E-state index contributed by atoms with van der Waals surface area (Å²) < 4.78 is 6.00. The molecule has 0 saturated carbocycles. The Balaban J connectivity index is 2.21. The SMILES string of the molecule is CC(C)NCC(OCCCc1ccncc1)C(C)C. The van der Waals surface area contributed by atoms with Gasteiger partial charge in [0.2, 0.25) is 0 Å². The van der Waals surface area contributed by atoms with Crippen LogP contribution in [0.2, 0.25) is 0 Å². The monoisotopic (exact) mass is 264 g/mol. The minimum absolute atomic E-state index is 0.305. The topological polar surface area (TPSA) is 34.1 Å². The number of aromatic nitrogens is 1. The predicted octanol–water partition coefficient (Wildman–Crippen LogP) is 3.05. The molecular weight excluding hydrogens is 236 g/mol. The van der Waals surface area contributed by atoms with Crippen LogP contribution >= 0.6 is 0 Å². The molecule has 0 fully saturated rings. The van der Waals surface area contributed by atoms with Gasteiger partial charge in [0.05, 0.1) is 6.10 Å². The van der Waals surface area contributed by atoms with E-state index < -0.39 is 0 Å². The van der Waals surface area contributed by atoms with Gasteiger partial charge in [0.1, 0.15) is 0 Å². The van der Waals surface area contributed by atoms with E-state index in [9.17, 15) is 0 Å². The summed E-state index contributed by atoms with van der Waals surface area (Å²) in [6.07, 6.45) is 6.12. The van der Waals surface area contributed by atoms with E-state index in [0.29, 0.717) is 18.1 Å². The smallest absolute Gasteiger partial charge is 0.0722 e. The molecule has 19 heavy (non-hydrogen) atoms. The molecule has 3 heteroatoms. The highest BCUT2D eigenvalue weighted by Gasteiger charge is 2.13. The van der Waals surface area contributed by atoms with Crippen molar-refractivity contribution in [2.24, 2.45) is 5.92 Å². The highest BCUT2D eigenvalue weighted by Crippen LogP contribution is 2.08. The quantitative estimate of drug-likeness (QED) is 0.696. The second-order valence-corrected chi connectivity index (χ2v) is 5.68. The summed E-state index contributed by atoms with van der Waals surface area (Å²) in [7, 11) is 0. The van der Waals surface area contributed by atoms with Crippen LogP contribution in [0.3, 0.4) is 0 Å². The zero-order valence-electron chi connectivity index (χ0n) is 12.7. The van der Waals surface area contributed by atoms with Gasteiger partial charge in [-0.25, -0.2) is 0 Å². The van der Waals surface area contributed by atoms with Gasteiger partial charge in [-0.05, 0) is 36.5 Å². The predicted molar refractivity (Wildman–Crippen MR) is 80.3 cm³/mol. The number of hydrogen-bond donors (Lipinski definition) is 1. The van der Waals surface area contributed by atoms with Crippen LogP contribution in [0.1, 0.15) is 39.7 Å². The Bertz CT molecular complexity index is 325. The summed E-state index contributed by atoms with van der Waals surface area (Å²) in [4.78, 5) is 4.03. The summed E-state index contributed by atoms with van der Waals surface area (Å²) >= 11 is 0. The van der Waals surface area contributed by atoms with E-state index in [4.69, 9.17) is 4.74 Å². The molecule has 0 aliphatic heterocycles. The molecule has 108 valence electrons. The van der Waals surface area contributed by atoms with Gasteiger partial charge in [-0.2, -0.15) is 0 Å². The van der Waals surface area contributed by atoms with E-state index in [0.717, 1.165) is 26.0 Å². The summed E-state index contributed by atoms with van der Waals surface area (Å²) in [5.41, 5.74) is 1.33. The Labute approximate surface area is 117 Å². The van der Waals surface area contributed by atoms with E-state index in [1.165, 1.54) is 5.56 Å². The molecule has 3 nitrogen and oxygen atoms in total. The Morgan fingerprint density at radius 2 is 1.84 bits per heavy atom. The minimum atomic E-state index is 0.305. The van der Waals surface area contributed by atoms with Crippen molar-refractivity contribution in [3.05, 3.63) is 30.1 Å². The van der Waals surface area contributed by atoms with Gasteiger partial charge in [-0.3, -0.25) is 4.98 Å². The number of hydrogen-bond acceptors (Lipinski definition) is 3. The van der Waals surface area contributed by atoms with Crippen LogP contribution in [0.5, 0.6) is 0 Å². The van der Waals surface area contributed by atoms with Crippen molar-refractivity contribution in [2.45, 2.75) is 52.7 Å². The van der Waals surface area contributed by atoms with Crippen LogP contribution in [0, 0.1) is 5.92 Å². The lowest BCUT2D eigenvalue weighted by atomic mass is 10.1. The van der Waals surface area contributed by atoms with Crippen molar-refractivity contribution in [1.29, 1.82) is 0 Å². The fourth-order valence-corrected chi connectivity index (χ4v) is 1.90. The minimum Gasteiger partial charge on any atom is -0.377 e. The van der Waals surface area contributed by atoms with Crippen LogP contribution in [-0.2, 0) is 11.2 Å². The fourth-order valence-electron chi connectivity index (χ4n) is 1.90. The Morgan fingerprint density at radius 3 is 2.42 bits per heavy atom. The third kappa shape index (κ3) is 7.28. The third-order valence-electron chi connectivity index (χ3n) is 3.16. The normalized spacial score (nSPS) is 13.2. The Morgan fingerprint density at radius 1 is 1.16 bits per heavy atom. The van der Waals surface area contributed by atoms with E-state index in [1.54, 1.807) is 0 Å². The van der Waals surface area contributed by atoms with Gasteiger partial charge in [0.25, 0.3) is 0 Å². The first-order chi connectivity index (χ1) is 9.09. The average Bonchev–Trinajstić information content (AvgIpc) is 2.38. The summed E-state index contributed by atoms with van der Waals surface area (Å²) in [5, 5.41) is 3.45. The maximum atomic E-state index is 6.00. The standard InChI is InChI=1S/C16H28N2O/c1-13(2)16(12-18-14(3)4)19-11-5-6-15-7-9-17-10-8-15/h7-10,13-14,16,18H,5-6,11-12H2,1-4H3. The van der Waals surface area contributed by atoms with Crippen LogP contribution in [-0.4, -0.2) is 30.3 Å². The van der Waals surface area contributed by atoms with Gasteiger partial charge in [-0.1, -0.05) is 27.7 Å². The first kappa shape index (κ1) is 16.1. The van der Waals surface area contributed by atoms with Gasteiger partial charge in [-0.15, -0.1) is 0 Å². The van der Waals surface area contributed by atoms with E-state index >= 15 is 0 Å². The number of aryl methyl sites for hydroxylation is 1. The van der Waals surface area contributed by atoms with E-state index in [-0.39, 0.29) is 0 Å². The molecule has 1 aromatic rings. The first-order valence-corrected chi connectivity index (χ1v) is 7.33. The summed E-state index contributed by atoms with van der Waals surface area (Å²) in [5.74, 6) is 0.548. The second-order valence-electron chi connectivity index (χ2n) is 5.68. The molecule has 0 aliphatic rings. The maximum Gasteiger partial charge on any atom is 0.0722 e. The molecular formula is C16H28N2O. The number of nitrogens with zero attached hydrogens (tertiary/aromatic N) is 1. The van der Waals surface area contributed by atoms with Crippen LogP contribution in [0.15, 0.2) is 24.5 Å². The molecule has 1 atom stereocenters. The summed E-state index contributed by atoms with van der Waals surface area (Å²) in [6, 6.07) is 4.65. The average molecular weight is 264 g/mol. The fraction of sp³-hybridized carbons (Fsp3) is 0.688. The molecule has 1 aromatic heterocycles. The highest BCUT2D eigenvalue weighted by molar-refractivity contribution is 5.09. The molecule has 1 heterocycles. The molecule has 0 radical (unpaired) electrons. The summed E-state index contributed by atoms with van der Waals surface area (Å²) in [6.45, 7) is 10.5. The van der Waals surface area contributed by atoms with Gasteiger partial charge in [0.15, 0.2) is 0 Å². The molecule has 1 N–H and O–H groups in total. The highest BCUT2D eigenvalue weighted by atomic mass is 16.5. The lowest BCUT2D eigenvalue weighted by Gasteiger charge is -2.23. The molecule has 0 amide bonds. The van der Waals surface area contributed by atoms with Crippen LogP contribution in [0.4, 0.5) is 0 Å². The van der Waals surface area contributed by atoms with Crippen LogP contribution in [0.25, 0.3) is 0 Å². The maximum absolute atomic E-state index is 6.00. The second kappa shape index (κ2) is 9.05. The zero-order chi connectivity index (χ0) is 14.1. The number of ether oxygens (including phenoxy) is 1. The van der Waals surface area contributed by atoms with Crippen molar-refractivity contribution in [3.63, 3.8) is 0 Å². The first-order valence-electron chi connectivity index (χ1n) is 7.33. The third-order valence-corrected chi connectivity index (χ3v) is 3.16. The number of pyridine rings is 1. The van der Waals surface area contributed by atoms with Crippen LogP contribution < -0.4 is 5.32 Å². The van der Waals surface area contributed by atoms with Crippen molar-refractivity contribution in [2.75, 3.05) is 13.2 Å². The van der Waals surface area contributed by atoms with Crippen molar-refractivity contribution >= 4 is 0 Å². The van der Waals surface area contributed by atoms with Crippen molar-refractivity contribution in [3.8, 4) is 0 Å². The Hall–Kier alpha value is -0.930. The van der Waals surface area contributed by atoms with Crippen molar-refractivity contribution < 1.29 is 4.74 Å². The molecule has 0 aliphatic carbocycles. The molecule has 0 aromatic carbocycles. The Kier molecular flexibility index (Phi) is 7.68. The van der Waals surface area contributed by atoms with Gasteiger partial charge >= 0.3 is 0 Å². The van der Waals surface area contributed by atoms with E-state index in [1.807, 2.05) is 12.4 Å². The molecule has 0 spiro atoms. The molecule has 0 bridgehead atoms. The molecule has 1 rings (SSSR count). The number of nitrogens with one attached hydrogen (secondary N) is 1. The van der Waals surface area contributed by atoms with Gasteiger partial charge < -0.3 is 10.1 Å².